The fraction of sp³-hybridized carbons (Fsp3) is 0.720. The molecule has 4 nitrogen and oxygen atoms in total. The van der Waals surface area contributed by atoms with Crippen molar-refractivity contribution in [3.8, 4) is 0 Å². The van der Waals surface area contributed by atoms with Crippen LogP contribution < -0.4 is 0 Å². The highest BCUT2D eigenvalue weighted by molar-refractivity contribution is 5.85. The van der Waals surface area contributed by atoms with E-state index in [1.165, 1.54) is 49.3 Å². The average Bonchev–Trinajstić information content (AvgIpc) is 3.01. The molecular formula is C25H38O4. The van der Waals surface area contributed by atoms with Gasteiger partial charge in [-0.3, -0.25) is 0 Å². The quantitative estimate of drug-likeness (QED) is 0.481. The summed E-state index contributed by atoms with van der Waals surface area (Å²) in [5.74, 6) is 0.802. The highest BCUT2D eigenvalue weighted by Crippen LogP contribution is 2.62. The molecule has 1 unspecified atom stereocenters. The van der Waals surface area contributed by atoms with E-state index < -0.39 is 18.4 Å². The summed E-state index contributed by atoms with van der Waals surface area (Å²) in [6.07, 6.45) is 9.85. The Bertz CT molecular complexity index is 720. The molecule has 162 valence electrons. The molecule has 1 heterocycles. The van der Waals surface area contributed by atoms with Crippen molar-refractivity contribution in [1.82, 2.24) is 0 Å². The first kappa shape index (κ1) is 22.3. The minimum atomic E-state index is -1.31. The fourth-order valence-electron chi connectivity index (χ4n) is 6.09. The first-order valence-corrected chi connectivity index (χ1v) is 11.2. The standard InChI is InChI=1S/C25H38O4/c1-16(9-10-20(26)19-15-22(27)29-23(19)28)11-13-24(4)18(3)12-14-25(5)17(2)7-6-8-21(24)25/h9,15,18,20-21,23,26,28H,2,6-8,10-14H2,1,3-5H3/b16-9+/t18-,20+,21-,23?,24+,25+/m0/s1. The summed E-state index contributed by atoms with van der Waals surface area (Å²) in [4.78, 5) is 11.2. The number of fused-ring (bicyclic) bond motifs is 1. The van der Waals surface area contributed by atoms with Crippen LogP contribution in [0.1, 0.15) is 79.1 Å². The predicted molar refractivity (Wildman–Crippen MR) is 115 cm³/mol. The monoisotopic (exact) mass is 402 g/mol. The Labute approximate surface area is 175 Å². The molecule has 0 bridgehead atoms. The van der Waals surface area contributed by atoms with Gasteiger partial charge in [-0.15, -0.1) is 0 Å². The van der Waals surface area contributed by atoms with Gasteiger partial charge in [0.15, 0.2) is 0 Å². The lowest BCUT2D eigenvalue weighted by Gasteiger charge is -2.59. The van der Waals surface area contributed by atoms with Gasteiger partial charge in [0.2, 0.25) is 6.29 Å². The highest BCUT2D eigenvalue weighted by atomic mass is 16.6. The van der Waals surface area contributed by atoms with Crippen LogP contribution in [-0.2, 0) is 9.53 Å². The lowest BCUT2D eigenvalue weighted by atomic mass is 9.46. The van der Waals surface area contributed by atoms with Crippen LogP contribution in [0.2, 0.25) is 0 Å². The van der Waals surface area contributed by atoms with Crippen LogP contribution in [0.15, 0.2) is 35.5 Å². The molecule has 6 atom stereocenters. The SMILES string of the molecule is C=C1CCC[C@H]2[C@](C)(CC/C(C)=C/C[C@@H](O)C3=CC(=O)OC3O)[C@@H](C)CC[C@]12C. The molecule has 0 spiro atoms. The highest BCUT2D eigenvalue weighted by Gasteiger charge is 2.53. The number of allylic oxidation sites excluding steroid dienone is 2. The van der Waals surface area contributed by atoms with E-state index in [9.17, 15) is 15.0 Å². The number of rotatable bonds is 6. The van der Waals surface area contributed by atoms with E-state index in [2.05, 4.69) is 39.0 Å². The zero-order chi connectivity index (χ0) is 21.4. The predicted octanol–water partition coefficient (Wildman–Crippen LogP) is 5.06. The van der Waals surface area contributed by atoms with Crippen LogP contribution in [0.3, 0.4) is 0 Å². The van der Waals surface area contributed by atoms with Gasteiger partial charge in [0.25, 0.3) is 0 Å². The summed E-state index contributed by atoms with van der Waals surface area (Å²) in [5.41, 5.74) is 3.55. The molecule has 3 aliphatic rings. The van der Waals surface area contributed by atoms with E-state index >= 15 is 0 Å². The van der Waals surface area contributed by atoms with Crippen molar-refractivity contribution in [2.45, 2.75) is 91.5 Å². The number of ether oxygens (including phenoxy) is 1. The number of aliphatic hydroxyl groups excluding tert-OH is 2. The van der Waals surface area contributed by atoms with E-state index in [0.29, 0.717) is 23.7 Å². The van der Waals surface area contributed by atoms with Crippen molar-refractivity contribution in [2.24, 2.45) is 22.7 Å². The van der Waals surface area contributed by atoms with Crippen molar-refractivity contribution in [1.29, 1.82) is 0 Å². The Morgan fingerprint density at radius 3 is 2.79 bits per heavy atom. The zero-order valence-corrected chi connectivity index (χ0v) is 18.5. The van der Waals surface area contributed by atoms with Crippen LogP contribution in [0.4, 0.5) is 0 Å². The average molecular weight is 403 g/mol. The molecule has 0 saturated heterocycles. The summed E-state index contributed by atoms with van der Waals surface area (Å²) < 4.78 is 4.66. The van der Waals surface area contributed by atoms with Crippen LogP contribution in [0.25, 0.3) is 0 Å². The van der Waals surface area contributed by atoms with Gasteiger partial charge >= 0.3 is 5.97 Å². The molecule has 0 aromatic carbocycles. The van der Waals surface area contributed by atoms with E-state index in [0.717, 1.165) is 12.8 Å². The summed E-state index contributed by atoms with van der Waals surface area (Å²) in [5, 5.41) is 20.0. The first-order valence-electron chi connectivity index (χ1n) is 11.2. The molecule has 2 saturated carbocycles. The molecular weight excluding hydrogens is 364 g/mol. The molecule has 2 N–H and O–H groups in total. The van der Waals surface area contributed by atoms with Crippen LogP contribution in [-0.4, -0.2) is 28.6 Å². The Balaban J connectivity index is 1.64. The largest absolute Gasteiger partial charge is 0.429 e. The minimum absolute atomic E-state index is 0.253. The Hall–Kier alpha value is -1.39. The van der Waals surface area contributed by atoms with Crippen LogP contribution in [0.5, 0.6) is 0 Å². The molecule has 29 heavy (non-hydrogen) atoms. The number of hydrogen-bond donors (Lipinski definition) is 2. The molecule has 0 aromatic heterocycles. The molecule has 0 radical (unpaired) electrons. The van der Waals surface area contributed by atoms with Gasteiger partial charge in [-0.25, -0.2) is 4.79 Å². The molecule has 0 aromatic rings. The van der Waals surface area contributed by atoms with Gasteiger partial charge < -0.3 is 14.9 Å². The van der Waals surface area contributed by atoms with Crippen molar-refractivity contribution < 1.29 is 19.7 Å². The van der Waals surface area contributed by atoms with Crippen LogP contribution >= 0.6 is 0 Å². The Kier molecular flexibility index (Phi) is 6.45. The van der Waals surface area contributed by atoms with Gasteiger partial charge in [0.1, 0.15) is 0 Å². The van der Waals surface area contributed by atoms with Crippen LogP contribution in [0, 0.1) is 22.7 Å². The lowest BCUT2D eigenvalue weighted by molar-refractivity contribution is -0.151. The zero-order valence-electron chi connectivity index (χ0n) is 18.5. The molecule has 3 rings (SSSR count). The second-order valence-corrected chi connectivity index (χ2v) is 10.1. The minimum Gasteiger partial charge on any atom is -0.429 e. The molecule has 2 aliphatic carbocycles. The van der Waals surface area contributed by atoms with Crippen molar-refractivity contribution in [2.75, 3.05) is 0 Å². The normalized spacial score (nSPS) is 39.0. The second-order valence-electron chi connectivity index (χ2n) is 10.1. The van der Waals surface area contributed by atoms with E-state index in [1.54, 1.807) is 0 Å². The summed E-state index contributed by atoms with van der Waals surface area (Å²) in [6, 6.07) is 0. The van der Waals surface area contributed by atoms with Gasteiger partial charge in [0, 0.05) is 11.6 Å². The summed E-state index contributed by atoms with van der Waals surface area (Å²) in [7, 11) is 0. The molecule has 4 heteroatoms. The number of hydrogen-bond acceptors (Lipinski definition) is 4. The third-order valence-electron chi connectivity index (χ3n) is 8.50. The maximum absolute atomic E-state index is 11.2. The summed E-state index contributed by atoms with van der Waals surface area (Å²) >= 11 is 0. The fourth-order valence-corrected chi connectivity index (χ4v) is 6.09. The lowest BCUT2D eigenvalue weighted by Crippen LogP contribution is -2.50. The van der Waals surface area contributed by atoms with Crippen molar-refractivity contribution in [3.05, 3.63) is 35.5 Å². The molecule has 0 amide bonds. The first-order chi connectivity index (χ1) is 13.6. The van der Waals surface area contributed by atoms with Crippen molar-refractivity contribution >= 4 is 5.97 Å². The third-order valence-corrected chi connectivity index (χ3v) is 8.50. The number of carbonyl (C=O) groups is 1. The van der Waals surface area contributed by atoms with E-state index in [-0.39, 0.29) is 11.0 Å². The van der Waals surface area contributed by atoms with Gasteiger partial charge in [-0.2, -0.15) is 0 Å². The second kappa shape index (κ2) is 8.39. The van der Waals surface area contributed by atoms with Gasteiger partial charge in [-0.05, 0) is 81.0 Å². The number of carbonyl (C=O) groups excluding carboxylic acids is 1. The smallest absolute Gasteiger partial charge is 0.333 e. The maximum Gasteiger partial charge on any atom is 0.333 e. The Morgan fingerprint density at radius 1 is 1.41 bits per heavy atom. The maximum atomic E-state index is 11.2. The van der Waals surface area contributed by atoms with Gasteiger partial charge in [0.05, 0.1) is 6.10 Å². The number of aliphatic hydroxyl groups is 2. The van der Waals surface area contributed by atoms with E-state index in [4.69, 9.17) is 0 Å². The molecule has 2 fully saturated rings. The van der Waals surface area contributed by atoms with Gasteiger partial charge in [-0.1, -0.05) is 44.6 Å². The van der Waals surface area contributed by atoms with Crippen molar-refractivity contribution in [3.63, 3.8) is 0 Å². The summed E-state index contributed by atoms with van der Waals surface area (Å²) in [6.45, 7) is 13.9. The Morgan fingerprint density at radius 2 is 2.14 bits per heavy atom. The topological polar surface area (TPSA) is 66.8 Å². The number of esters is 1. The number of cyclic esters (lactones) is 1. The van der Waals surface area contributed by atoms with E-state index in [1.807, 2.05) is 6.08 Å². The molecule has 1 aliphatic heterocycles. The third kappa shape index (κ3) is 4.25.